The number of fused-ring (bicyclic) bond motifs is 1. The molecule has 1 aromatic carbocycles. The number of carbonyl (C=O) groups excluding carboxylic acids is 1. The Hall–Kier alpha value is -2.06. The Morgan fingerprint density at radius 2 is 2.17 bits per heavy atom. The molecule has 130 valence electrons. The second kappa shape index (κ2) is 6.82. The van der Waals surface area contributed by atoms with Crippen molar-refractivity contribution in [3.8, 4) is 0 Å². The summed E-state index contributed by atoms with van der Waals surface area (Å²) in [6.45, 7) is 0.171. The van der Waals surface area contributed by atoms with Crippen molar-refractivity contribution in [2.24, 2.45) is 0 Å². The van der Waals surface area contributed by atoms with E-state index in [4.69, 9.17) is 9.47 Å². The molecule has 0 spiro atoms. The smallest absolute Gasteiger partial charge is 0.336 e. The Balaban J connectivity index is 1.86. The van der Waals surface area contributed by atoms with Crippen LogP contribution in [0, 0.1) is 0 Å². The average Bonchev–Trinajstić information content (AvgIpc) is 2.91. The number of nitrogens with zero attached hydrogens (tertiary/aromatic N) is 3. The zero-order valence-electron chi connectivity index (χ0n) is 13.5. The van der Waals surface area contributed by atoms with Crippen molar-refractivity contribution in [2.45, 2.75) is 32.2 Å². The Morgan fingerprint density at radius 1 is 1.42 bits per heavy atom. The third kappa shape index (κ3) is 3.25. The minimum absolute atomic E-state index is 0.202. The summed E-state index contributed by atoms with van der Waals surface area (Å²) in [5.74, 6) is -0.196. The lowest BCUT2D eigenvalue weighted by Crippen LogP contribution is -2.49. The van der Waals surface area contributed by atoms with Gasteiger partial charge in [0, 0.05) is 13.1 Å². The Bertz CT molecular complexity index is 734. The summed E-state index contributed by atoms with van der Waals surface area (Å²) < 4.78 is 38.2. The molecular weight excluding hydrogens is 320 g/mol. The summed E-state index contributed by atoms with van der Waals surface area (Å²) in [6, 6.07) is 6.80. The van der Waals surface area contributed by atoms with E-state index < -0.39 is 18.6 Å². The molecule has 0 unspecified atom stereocenters. The van der Waals surface area contributed by atoms with E-state index in [0.29, 0.717) is 17.6 Å². The maximum absolute atomic E-state index is 13.5. The molecule has 0 bridgehead atoms. The zero-order valence-corrected chi connectivity index (χ0v) is 13.5. The van der Waals surface area contributed by atoms with Crippen LogP contribution < -0.4 is 0 Å². The topological polar surface area (TPSA) is 56.6 Å². The molecule has 8 heteroatoms. The van der Waals surface area contributed by atoms with Crippen molar-refractivity contribution in [2.75, 3.05) is 20.2 Å². The average molecular weight is 339 g/mol. The van der Waals surface area contributed by atoms with Gasteiger partial charge >= 0.3 is 12.5 Å². The SMILES string of the molecule is COC(=O)[C@H]1CN(Cc2nc3ccccc3n2C(F)F)C[C@@H](C)O1. The third-order valence-electron chi connectivity index (χ3n) is 4.03. The van der Waals surface area contributed by atoms with Gasteiger partial charge in [-0.3, -0.25) is 9.47 Å². The number of hydrogen-bond donors (Lipinski definition) is 0. The summed E-state index contributed by atoms with van der Waals surface area (Å²) in [5.41, 5.74) is 0.923. The van der Waals surface area contributed by atoms with Crippen LogP contribution in [0.4, 0.5) is 8.78 Å². The highest BCUT2D eigenvalue weighted by Crippen LogP contribution is 2.25. The molecule has 1 aromatic heterocycles. The molecule has 0 radical (unpaired) electrons. The number of para-hydroxylation sites is 2. The highest BCUT2D eigenvalue weighted by molar-refractivity contribution is 5.76. The fourth-order valence-corrected chi connectivity index (χ4v) is 3.05. The molecule has 3 rings (SSSR count). The van der Waals surface area contributed by atoms with Crippen molar-refractivity contribution >= 4 is 17.0 Å². The van der Waals surface area contributed by atoms with E-state index in [0.717, 1.165) is 4.57 Å². The number of morpholine rings is 1. The van der Waals surface area contributed by atoms with Crippen LogP contribution >= 0.6 is 0 Å². The van der Waals surface area contributed by atoms with Gasteiger partial charge in [0.1, 0.15) is 5.82 Å². The third-order valence-corrected chi connectivity index (χ3v) is 4.03. The van der Waals surface area contributed by atoms with Gasteiger partial charge in [0.15, 0.2) is 6.10 Å². The molecule has 1 fully saturated rings. The van der Waals surface area contributed by atoms with Gasteiger partial charge < -0.3 is 9.47 Å². The summed E-state index contributed by atoms with van der Waals surface area (Å²) in [4.78, 5) is 17.9. The molecule has 0 saturated carbocycles. The van der Waals surface area contributed by atoms with Crippen LogP contribution in [0.1, 0.15) is 19.3 Å². The Morgan fingerprint density at radius 3 is 2.88 bits per heavy atom. The van der Waals surface area contributed by atoms with Gasteiger partial charge in [-0.05, 0) is 19.1 Å². The van der Waals surface area contributed by atoms with E-state index in [9.17, 15) is 13.6 Å². The molecule has 2 aromatic rings. The van der Waals surface area contributed by atoms with Crippen LogP contribution in [-0.2, 0) is 20.8 Å². The van der Waals surface area contributed by atoms with Gasteiger partial charge in [-0.15, -0.1) is 0 Å². The van der Waals surface area contributed by atoms with Gasteiger partial charge in [0.2, 0.25) is 0 Å². The predicted octanol–water partition coefficient (Wildman–Crippen LogP) is 2.19. The monoisotopic (exact) mass is 339 g/mol. The minimum Gasteiger partial charge on any atom is -0.467 e. The second-order valence-electron chi connectivity index (χ2n) is 5.82. The first-order valence-electron chi connectivity index (χ1n) is 7.69. The van der Waals surface area contributed by atoms with Gasteiger partial charge in [-0.25, -0.2) is 9.78 Å². The maximum atomic E-state index is 13.5. The van der Waals surface area contributed by atoms with Gasteiger partial charge in [0.05, 0.1) is 30.8 Å². The van der Waals surface area contributed by atoms with E-state index in [-0.39, 0.29) is 25.0 Å². The molecule has 0 N–H and O–H groups in total. The second-order valence-corrected chi connectivity index (χ2v) is 5.82. The molecule has 1 aliphatic heterocycles. The number of benzene rings is 1. The number of aromatic nitrogens is 2. The number of esters is 1. The lowest BCUT2D eigenvalue weighted by Gasteiger charge is -2.35. The van der Waals surface area contributed by atoms with Crippen LogP contribution in [0.5, 0.6) is 0 Å². The fourth-order valence-electron chi connectivity index (χ4n) is 3.05. The maximum Gasteiger partial charge on any atom is 0.336 e. The Labute approximate surface area is 138 Å². The van der Waals surface area contributed by atoms with Gasteiger partial charge in [-0.1, -0.05) is 12.1 Å². The van der Waals surface area contributed by atoms with Crippen molar-refractivity contribution < 1.29 is 23.0 Å². The quantitative estimate of drug-likeness (QED) is 0.800. The summed E-state index contributed by atoms with van der Waals surface area (Å²) in [6.07, 6.45) is -0.921. The largest absolute Gasteiger partial charge is 0.467 e. The summed E-state index contributed by atoms with van der Waals surface area (Å²) >= 11 is 0. The van der Waals surface area contributed by atoms with E-state index in [1.165, 1.54) is 7.11 Å². The highest BCUT2D eigenvalue weighted by Gasteiger charge is 2.32. The molecule has 0 aliphatic carbocycles. The standard InChI is InChI=1S/C16H19F2N3O3/c1-10-7-20(8-13(24-10)15(22)23-2)9-14-19-11-5-3-4-6-12(11)21(14)16(17)18/h3-6,10,13,16H,7-9H2,1-2H3/t10-,13-/m1/s1. The fraction of sp³-hybridized carbons (Fsp3) is 0.500. The number of carbonyl (C=O) groups is 1. The number of imidazole rings is 1. The van der Waals surface area contributed by atoms with E-state index >= 15 is 0 Å². The molecule has 2 heterocycles. The minimum atomic E-state index is -2.68. The first-order chi connectivity index (χ1) is 11.5. The number of rotatable bonds is 4. The highest BCUT2D eigenvalue weighted by atomic mass is 19.3. The molecule has 6 nitrogen and oxygen atoms in total. The van der Waals surface area contributed by atoms with Crippen LogP contribution in [0.2, 0.25) is 0 Å². The number of methoxy groups -OCH3 is 1. The summed E-state index contributed by atoms with van der Waals surface area (Å²) in [5, 5.41) is 0. The Kier molecular flexibility index (Phi) is 4.77. The lowest BCUT2D eigenvalue weighted by atomic mass is 10.2. The molecule has 1 aliphatic rings. The predicted molar refractivity (Wildman–Crippen MR) is 82.6 cm³/mol. The van der Waals surface area contributed by atoms with Crippen molar-refractivity contribution in [1.29, 1.82) is 0 Å². The molecule has 24 heavy (non-hydrogen) atoms. The molecule has 0 amide bonds. The van der Waals surface area contributed by atoms with Crippen molar-refractivity contribution in [3.05, 3.63) is 30.1 Å². The normalized spacial score (nSPS) is 22.2. The van der Waals surface area contributed by atoms with Crippen molar-refractivity contribution in [3.63, 3.8) is 0 Å². The van der Waals surface area contributed by atoms with E-state index in [1.54, 1.807) is 24.3 Å². The molecule has 1 saturated heterocycles. The number of ether oxygens (including phenoxy) is 2. The van der Waals surface area contributed by atoms with Crippen molar-refractivity contribution in [1.82, 2.24) is 14.5 Å². The zero-order chi connectivity index (χ0) is 17.3. The number of hydrogen-bond acceptors (Lipinski definition) is 5. The van der Waals surface area contributed by atoms with Crippen LogP contribution in [0.25, 0.3) is 11.0 Å². The summed E-state index contributed by atoms with van der Waals surface area (Å²) in [7, 11) is 1.30. The van der Waals surface area contributed by atoms with Crippen LogP contribution in [-0.4, -0.2) is 52.8 Å². The van der Waals surface area contributed by atoms with Crippen LogP contribution in [0.15, 0.2) is 24.3 Å². The van der Waals surface area contributed by atoms with E-state index in [1.807, 2.05) is 11.8 Å². The number of alkyl halides is 2. The number of halogens is 2. The first kappa shape index (κ1) is 16.8. The first-order valence-corrected chi connectivity index (χ1v) is 7.69. The van der Waals surface area contributed by atoms with Gasteiger partial charge in [0.25, 0.3) is 0 Å². The lowest BCUT2D eigenvalue weighted by molar-refractivity contribution is -0.166. The molecule has 2 atom stereocenters. The van der Waals surface area contributed by atoms with E-state index in [2.05, 4.69) is 4.98 Å². The van der Waals surface area contributed by atoms with Gasteiger partial charge in [-0.2, -0.15) is 8.78 Å². The van der Waals surface area contributed by atoms with Crippen LogP contribution in [0.3, 0.4) is 0 Å². The molecular formula is C16H19F2N3O3.